The number of nitrogens with zero attached hydrogens (tertiary/aromatic N) is 9. The average Bonchev–Trinajstić information content (AvgIpc) is 3.88. The molecule has 1 unspecified atom stereocenters. The SMILES string of the molecule is CN(Cc1ccc2c(c1)CN(C1CCC(=O)NC1=O)C2=O)C(=O)c1ccc(N2CCC3(CN(CCCCCC(=O)Nc4cccc(Sc5cnc(N6CCC(C)(N)CC6)cn5)c4)C3)C2)nn1. The van der Waals surface area contributed by atoms with E-state index in [1.807, 2.05) is 48.7 Å². The second kappa shape index (κ2) is 19.1. The highest BCUT2D eigenvalue weighted by Gasteiger charge is 2.47. The Morgan fingerprint density at radius 2 is 1.73 bits per heavy atom. The van der Waals surface area contributed by atoms with Crippen LogP contribution in [-0.4, -0.2) is 129 Å². The third-order valence-corrected chi connectivity index (χ3v) is 14.6. The smallest absolute Gasteiger partial charge is 0.274 e. The summed E-state index contributed by atoms with van der Waals surface area (Å²) in [5.74, 6) is 0.417. The summed E-state index contributed by atoms with van der Waals surface area (Å²) in [6.07, 6.45) is 10.5. The number of likely N-dealkylation sites (tertiary alicyclic amines) is 1. The van der Waals surface area contributed by atoms with Crippen LogP contribution in [0.3, 0.4) is 0 Å². The van der Waals surface area contributed by atoms with Gasteiger partial charge in [-0.15, -0.1) is 10.2 Å². The second-order valence-corrected chi connectivity index (χ2v) is 20.1. The van der Waals surface area contributed by atoms with Crippen molar-refractivity contribution in [2.45, 2.75) is 99.3 Å². The molecule has 4 N–H and O–H groups in total. The zero-order valence-electron chi connectivity index (χ0n) is 37.7. The molecule has 0 saturated carbocycles. The molecule has 17 nitrogen and oxygen atoms in total. The lowest BCUT2D eigenvalue weighted by molar-refractivity contribution is -0.137. The number of carbonyl (C=O) groups is 5. The number of aromatic nitrogens is 4. The van der Waals surface area contributed by atoms with Crippen molar-refractivity contribution in [2.75, 3.05) is 68.0 Å². The number of hydrogen-bond acceptors (Lipinski definition) is 14. The molecule has 0 radical (unpaired) electrons. The third kappa shape index (κ3) is 10.3. The largest absolute Gasteiger partial charge is 0.355 e. The number of benzene rings is 2. The molecule has 346 valence electrons. The number of nitrogens with two attached hydrogens (primary N) is 1. The topological polar surface area (TPSA) is 203 Å². The van der Waals surface area contributed by atoms with Crippen LogP contribution in [0.25, 0.3) is 0 Å². The average molecular weight is 915 g/mol. The van der Waals surface area contributed by atoms with E-state index in [1.165, 1.54) is 16.7 Å². The Balaban J connectivity index is 0.657. The van der Waals surface area contributed by atoms with Crippen LogP contribution in [0.5, 0.6) is 0 Å². The molecule has 1 atom stereocenters. The zero-order valence-corrected chi connectivity index (χ0v) is 38.5. The molecular formula is C48H58N12O5S. The van der Waals surface area contributed by atoms with Gasteiger partial charge in [-0.1, -0.05) is 36.4 Å². The molecule has 66 heavy (non-hydrogen) atoms. The Labute approximate surface area is 389 Å². The van der Waals surface area contributed by atoms with E-state index in [1.54, 1.807) is 30.3 Å². The van der Waals surface area contributed by atoms with Gasteiger partial charge < -0.3 is 35.6 Å². The van der Waals surface area contributed by atoms with Gasteiger partial charge in [0.2, 0.25) is 17.7 Å². The van der Waals surface area contributed by atoms with Crippen LogP contribution in [-0.2, 0) is 27.5 Å². The summed E-state index contributed by atoms with van der Waals surface area (Å²) in [5.41, 5.74) is 9.62. The first-order valence-corrected chi connectivity index (χ1v) is 23.9. The van der Waals surface area contributed by atoms with Crippen molar-refractivity contribution in [2.24, 2.45) is 11.1 Å². The first-order valence-electron chi connectivity index (χ1n) is 23.1. The number of hydrogen-bond donors (Lipinski definition) is 3. The highest BCUT2D eigenvalue weighted by Crippen LogP contribution is 2.41. The molecule has 9 rings (SSSR count). The molecule has 2 aromatic heterocycles. The van der Waals surface area contributed by atoms with Crippen molar-refractivity contribution in [1.29, 1.82) is 0 Å². The molecule has 2 aromatic carbocycles. The van der Waals surface area contributed by atoms with Crippen LogP contribution in [0, 0.1) is 5.41 Å². The monoisotopic (exact) mass is 914 g/mol. The maximum absolute atomic E-state index is 13.4. The molecule has 4 fully saturated rings. The molecule has 5 aliphatic rings. The Hall–Kier alpha value is -5.98. The van der Waals surface area contributed by atoms with E-state index in [4.69, 9.17) is 5.73 Å². The Bertz CT molecular complexity index is 2470. The fraction of sp³-hybridized carbons (Fsp3) is 0.479. The molecule has 5 amide bonds. The van der Waals surface area contributed by atoms with E-state index in [-0.39, 0.29) is 53.2 Å². The van der Waals surface area contributed by atoms with Gasteiger partial charge in [0.15, 0.2) is 11.5 Å². The van der Waals surface area contributed by atoms with Gasteiger partial charge in [-0.25, -0.2) is 9.97 Å². The van der Waals surface area contributed by atoms with E-state index >= 15 is 0 Å². The third-order valence-electron chi connectivity index (χ3n) is 13.7. The van der Waals surface area contributed by atoms with Crippen LogP contribution in [0.4, 0.5) is 17.3 Å². The summed E-state index contributed by atoms with van der Waals surface area (Å²) < 4.78 is 0. The van der Waals surface area contributed by atoms with E-state index in [0.29, 0.717) is 24.9 Å². The fourth-order valence-corrected chi connectivity index (χ4v) is 10.7. The van der Waals surface area contributed by atoms with Crippen LogP contribution in [0.1, 0.15) is 96.7 Å². The van der Waals surface area contributed by atoms with Gasteiger partial charge in [0, 0.05) is 99.3 Å². The fourth-order valence-electron chi connectivity index (χ4n) is 9.88. The predicted molar refractivity (Wildman–Crippen MR) is 250 cm³/mol. The minimum Gasteiger partial charge on any atom is -0.355 e. The summed E-state index contributed by atoms with van der Waals surface area (Å²) in [6.45, 7) is 9.35. The number of nitrogens with one attached hydrogen (secondary N) is 2. The van der Waals surface area contributed by atoms with E-state index in [9.17, 15) is 24.0 Å². The number of piperidine rings is 2. The molecular weight excluding hydrogens is 857 g/mol. The molecule has 5 aliphatic heterocycles. The number of anilines is 3. The maximum atomic E-state index is 13.4. The summed E-state index contributed by atoms with van der Waals surface area (Å²) in [6, 6.07) is 16.2. The van der Waals surface area contributed by atoms with Crippen LogP contribution >= 0.6 is 11.8 Å². The van der Waals surface area contributed by atoms with Gasteiger partial charge in [0.05, 0.1) is 12.4 Å². The van der Waals surface area contributed by atoms with Gasteiger partial charge in [0.25, 0.3) is 11.8 Å². The first kappa shape index (κ1) is 45.2. The van der Waals surface area contributed by atoms with Crippen molar-refractivity contribution in [1.82, 2.24) is 40.2 Å². The molecule has 18 heteroatoms. The van der Waals surface area contributed by atoms with Crippen molar-refractivity contribution in [3.63, 3.8) is 0 Å². The van der Waals surface area contributed by atoms with E-state index in [0.717, 1.165) is 123 Å². The molecule has 7 heterocycles. The zero-order chi connectivity index (χ0) is 46.0. The van der Waals surface area contributed by atoms with Gasteiger partial charge in [-0.05, 0) is 99.5 Å². The van der Waals surface area contributed by atoms with Crippen molar-refractivity contribution in [3.05, 3.63) is 89.4 Å². The Morgan fingerprint density at radius 1 is 0.909 bits per heavy atom. The minimum absolute atomic E-state index is 0.0234. The quantitative estimate of drug-likeness (QED) is 0.111. The number of amides is 5. The molecule has 4 saturated heterocycles. The highest BCUT2D eigenvalue weighted by atomic mass is 32.2. The lowest BCUT2D eigenvalue weighted by atomic mass is 9.79. The van der Waals surface area contributed by atoms with Gasteiger partial charge in [-0.2, -0.15) is 0 Å². The van der Waals surface area contributed by atoms with Crippen LogP contribution in [0.2, 0.25) is 0 Å². The van der Waals surface area contributed by atoms with Gasteiger partial charge >= 0.3 is 0 Å². The number of unbranched alkanes of at least 4 members (excludes halogenated alkanes) is 2. The van der Waals surface area contributed by atoms with Gasteiger partial charge in [0.1, 0.15) is 16.9 Å². The lowest BCUT2D eigenvalue weighted by Crippen LogP contribution is -2.57. The Morgan fingerprint density at radius 3 is 2.48 bits per heavy atom. The molecule has 0 aliphatic carbocycles. The standard InChI is InChI=1S/C48H58N12O5S/c1-47(49)16-20-58(21-17-47)40-25-51-43(26-50-40)66-35-8-6-7-34(24-35)52-41(61)9-4-3-5-19-57-29-48(30-57)18-22-59(31-48)39-14-12-37(54-55-39)46(65)56(2)27-32-10-11-36-33(23-32)28-60(45(36)64)38-13-15-42(62)53-44(38)63/h6-8,10-12,14,23-26,38H,3-5,9,13,15-22,27-31,49H2,1-2H3,(H,52,61)(H,53,62,63). The first-order chi connectivity index (χ1) is 31.8. The number of fused-ring (bicyclic) bond motifs is 1. The maximum Gasteiger partial charge on any atom is 0.274 e. The summed E-state index contributed by atoms with van der Waals surface area (Å²) in [7, 11) is 1.71. The number of imide groups is 1. The molecule has 0 bridgehead atoms. The second-order valence-electron chi connectivity index (χ2n) is 19.1. The Kier molecular flexibility index (Phi) is 13.1. The van der Waals surface area contributed by atoms with Gasteiger partial charge in [-0.3, -0.25) is 29.3 Å². The van der Waals surface area contributed by atoms with Crippen LogP contribution in [0.15, 0.2) is 76.9 Å². The lowest BCUT2D eigenvalue weighted by Gasteiger charge is -2.48. The minimum atomic E-state index is -0.675. The molecule has 4 aromatic rings. The van der Waals surface area contributed by atoms with Crippen molar-refractivity contribution >= 4 is 58.6 Å². The predicted octanol–water partition coefficient (Wildman–Crippen LogP) is 4.48. The van der Waals surface area contributed by atoms with Crippen molar-refractivity contribution in [3.8, 4) is 0 Å². The molecule has 1 spiro atoms. The summed E-state index contributed by atoms with van der Waals surface area (Å²) in [5, 5.41) is 15.0. The summed E-state index contributed by atoms with van der Waals surface area (Å²) >= 11 is 1.52. The number of rotatable bonds is 15. The normalized spacial score (nSPS) is 20.0. The van der Waals surface area contributed by atoms with E-state index < -0.39 is 11.9 Å². The highest BCUT2D eigenvalue weighted by molar-refractivity contribution is 7.99. The summed E-state index contributed by atoms with van der Waals surface area (Å²) in [4.78, 5) is 83.7. The number of carbonyl (C=O) groups excluding carboxylic acids is 5. The van der Waals surface area contributed by atoms with Crippen molar-refractivity contribution < 1.29 is 24.0 Å². The van der Waals surface area contributed by atoms with E-state index in [2.05, 4.69) is 52.4 Å². The van der Waals surface area contributed by atoms with Crippen LogP contribution < -0.4 is 26.2 Å².